The number of hydrogen-bond acceptors (Lipinski definition) is 6. The number of phenols is 1. The highest BCUT2D eigenvalue weighted by Crippen LogP contribution is 2.68. The molecule has 198 valence electrons. The van der Waals surface area contributed by atoms with Gasteiger partial charge in [0.2, 0.25) is 5.79 Å². The minimum absolute atomic E-state index is 0.209. The van der Waals surface area contributed by atoms with Gasteiger partial charge in [0.05, 0.1) is 11.0 Å². The summed E-state index contributed by atoms with van der Waals surface area (Å²) in [7, 11) is 3.45. The fourth-order valence-corrected chi connectivity index (χ4v) is 8.38. The molecule has 3 fully saturated rings. The summed E-state index contributed by atoms with van der Waals surface area (Å²) in [4.78, 5) is 2.73. The Morgan fingerprint density at radius 1 is 1.03 bits per heavy atom. The van der Waals surface area contributed by atoms with E-state index in [2.05, 4.69) is 41.3 Å². The third-order valence-corrected chi connectivity index (χ3v) is 10.2. The topological polar surface area (TPSA) is 60.4 Å². The first-order valence-corrected chi connectivity index (χ1v) is 14.1. The van der Waals surface area contributed by atoms with Crippen LogP contribution in [0, 0.1) is 5.92 Å². The highest BCUT2D eigenvalue weighted by Gasteiger charge is 2.77. The van der Waals surface area contributed by atoms with Crippen LogP contribution in [0.4, 0.5) is 0 Å². The van der Waals surface area contributed by atoms with E-state index in [1.807, 2.05) is 0 Å². The number of nitrogens with zero attached hydrogens (tertiary/aromatic N) is 1. The van der Waals surface area contributed by atoms with E-state index in [-0.39, 0.29) is 17.9 Å². The van der Waals surface area contributed by atoms with Crippen molar-refractivity contribution in [3.05, 3.63) is 59.2 Å². The first-order chi connectivity index (χ1) is 18.1. The molecule has 4 atom stereocenters. The molecular weight excluding hydrogens is 466 g/mol. The lowest BCUT2D eigenvalue weighted by molar-refractivity contribution is -0.326. The Kier molecular flexibility index (Phi) is 5.63. The van der Waals surface area contributed by atoms with Crippen molar-refractivity contribution in [2.75, 3.05) is 33.9 Å². The van der Waals surface area contributed by atoms with Gasteiger partial charge in [0.25, 0.3) is 0 Å². The summed E-state index contributed by atoms with van der Waals surface area (Å²) < 4.78 is 26.3. The number of methoxy groups -OCH3 is 2. The van der Waals surface area contributed by atoms with Gasteiger partial charge >= 0.3 is 0 Å². The smallest absolute Gasteiger partial charge is 0.206 e. The minimum Gasteiger partial charge on any atom is -0.504 e. The molecule has 2 aliphatic heterocycles. The van der Waals surface area contributed by atoms with Crippen LogP contribution in [0.3, 0.4) is 0 Å². The summed E-state index contributed by atoms with van der Waals surface area (Å²) in [5.74, 6) is 0.770. The third kappa shape index (κ3) is 3.32. The molecule has 2 aromatic carbocycles. The van der Waals surface area contributed by atoms with Crippen molar-refractivity contribution in [3.63, 3.8) is 0 Å². The van der Waals surface area contributed by atoms with E-state index in [9.17, 15) is 5.11 Å². The molecule has 0 radical (unpaired) electrons. The summed E-state index contributed by atoms with van der Waals surface area (Å²) in [6.07, 6.45) is 7.68. The van der Waals surface area contributed by atoms with Crippen LogP contribution in [0.15, 0.2) is 42.5 Å². The van der Waals surface area contributed by atoms with Gasteiger partial charge in [-0.1, -0.05) is 36.4 Å². The van der Waals surface area contributed by atoms with Gasteiger partial charge in [0.15, 0.2) is 17.6 Å². The normalized spacial score (nSPS) is 33.1. The Morgan fingerprint density at radius 2 is 1.84 bits per heavy atom. The fraction of sp³-hybridized carbons (Fsp3) is 0.613. The molecule has 5 aliphatic rings. The molecule has 2 aromatic rings. The number of rotatable bonds is 9. The lowest BCUT2D eigenvalue weighted by atomic mass is 9.47. The number of hydrogen-bond donors (Lipinski definition) is 1. The SMILES string of the molecule is COC1(OC)CC[C@@]2(OCCCc3ccccc3)[C@H]3Cc4ccc(O)c5c4[C@@]2(CCN3CC2CC2)[C@H]1O5. The van der Waals surface area contributed by atoms with Gasteiger partial charge in [-0.25, -0.2) is 0 Å². The van der Waals surface area contributed by atoms with Crippen LogP contribution in [-0.4, -0.2) is 67.5 Å². The van der Waals surface area contributed by atoms with Gasteiger partial charge in [-0.15, -0.1) is 0 Å². The number of piperidine rings is 1. The average molecular weight is 506 g/mol. The standard InChI is InChI=1S/C31H39NO5/c1-34-31(35-2)15-14-30(36-18-6-9-21-7-4-3-5-8-21)25-19-23-12-13-24(33)27-26(23)29(30,28(31)37-27)16-17-32(25)20-22-10-11-22/h3-5,7-8,12-13,22,25,28,33H,6,9-11,14-20H2,1-2H3/t25-,28-,29+,30-/m1/s1. The second-order valence-electron chi connectivity index (χ2n) is 11.9. The second-order valence-corrected chi connectivity index (χ2v) is 11.9. The highest BCUT2D eigenvalue weighted by atomic mass is 16.7. The van der Waals surface area contributed by atoms with Gasteiger partial charge < -0.3 is 24.1 Å². The Labute approximate surface area is 219 Å². The zero-order valence-corrected chi connectivity index (χ0v) is 22.1. The van der Waals surface area contributed by atoms with Crippen LogP contribution in [0.25, 0.3) is 0 Å². The molecule has 0 amide bonds. The van der Waals surface area contributed by atoms with Crippen molar-refractivity contribution in [1.82, 2.24) is 4.90 Å². The number of phenolic OH excluding ortho intramolecular Hbond substituents is 1. The van der Waals surface area contributed by atoms with Gasteiger partial charge in [0.1, 0.15) is 0 Å². The second kappa shape index (κ2) is 8.70. The molecule has 0 unspecified atom stereocenters. The van der Waals surface area contributed by atoms with Crippen molar-refractivity contribution >= 4 is 0 Å². The molecular formula is C31H39NO5. The molecule has 37 heavy (non-hydrogen) atoms. The highest BCUT2D eigenvalue weighted by molar-refractivity contribution is 5.63. The van der Waals surface area contributed by atoms with Crippen LogP contribution in [0.2, 0.25) is 0 Å². The van der Waals surface area contributed by atoms with Gasteiger partial charge in [0, 0.05) is 45.4 Å². The predicted octanol–water partition coefficient (Wildman–Crippen LogP) is 4.60. The van der Waals surface area contributed by atoms with E-state index in [1.54, 1.807) is 20.3 Å². The molecule has 2 heterocycles. The Bertz CT molecular complexity index is 1160. The van der Waals surface area contributed by atoms with E-state index in [4.69, 9.17) is 18.9 Å². The molecule has 1 spiro atoms. The summed E-state index contributed by atoms with van der Waals surface area (Å²) >= 11 is 0. The number of benzene rings is 2. The molecule has 6 nitrogen and oxygen atoms in total. The lowest BCUT2D eigenvalue weighted by Crippen LogP contribution is -2.80. The number of ether oxygens (including phenoxy) is 4. The van der Waals surface area contributed by atoms with Gasteiger partial charge in [-0.3, -0.25) is 4.90 Å². The molecule has 1 N–H and O–H groups in total. The summed E-state index contributed by atoms with van der Waals surface area (Å²) in [6, 6.07) is 14.9. The maximum absolute atomic E-state index is 11.0. The van der Waals surface area contributed by atoms with Crippen LogP contribution in [0.5, 0.6) is 11.5 Å². The summed E-state index contributed by atoms with van der Waals surface area (Å²) in [5, 5.41) is 11.0. The molecule has 1 saturated heterocycles. The van der Waals surface area contributed by atoms with Crippen LogP contribution in [0.1, 0.15) is 55.2 Å². The van der Waals surface area contributed by atoms with E-state index >= 15 is 0 Å². The van der Waals surface area contributed by atoms with E-state index in [1.165, 1.54) is 24.0 Å². The fourth-order valence-electron chi connectivity index (χ4n) is 8.38. The van der Waals surface area contributed by atoms with Crippen molar-refractivity contribution < 1.29 is 24.1 Å². The number of aromatic hydroxyl groups is 1. The van der Waals surface area contributed by atoms with Crippen molar-refractivity contribution in [2.45, 2.75) is 80.3 Å². The van der Waals surface area contributed by atoms with Crippen molar-refractivity contribution in [3.8, 4) is 11.5 Å². The summed E-state index contributed by atoms with van der Waals surface area (Å²) in [5.41, 5.74) is 2.96. The molecule has 6 heteroatoms. The van der Waals surface area contributed by atoms with Crippen LogP contribution in [-0.2, 0) is 32.5 Å². The lowest BCUT2D eigenvalue weighted by Gasteiger charge is -2.67. The number of likely N-dealkylation sites (tertiary alicyclic amines) is 1. The first kappa shape index (κ1) is 24.0. The maximum Gasteiger partial charge on any atom is 0.206 e. The third-order valence-electron chi connectivity index (χ3n) is 10.2. The Balaban J connectivity index is 1.31. The van der Waals surface area contributed by atoms with Crippen LogP contribution >= 0.6 is 0 Å². The first-order valence-electron chi connectivity index (χ1n) is 14.1. The van der Waals surface area contributed by atoms with Gasteiger partial charge in [-0.05, 0) is 74.6 Å². The molecule has 0 aromatic heterocycles. The van der Waals surface area contributed by atoms with E-state index in [0.717, 1.165) is 56.7 Å². The Morgan fingerprint density at radius 3 is 2.59 bits per heavy atom. The molecule has 2 bridgehead atoms. The average Bonchev–Trinajstić information content (AvgIpc) is 3.67. The molecule has 3 aliphatic carbocycles. The molecule has 2 saturated carbocycles. The summed E-state index contributed by atoms with van der Waals surface area (Å²) in [6.45, 7) is 2.86. The van der Waals surface area contributed by atoms with Crippen molar-refractivity contribution in [2.24, 2.45) is 5.92 Å². The van der Waals surface area contributed by atoms with Crippen molar-refractivity contribution in [1.29, 1.82) is 0 Å². The minimum atomic E-state index is -0.875. The Hall–Kier alpha value is -2.12. The zero-order valence-electron chi connectivity index (χ0n) is 22.1. The number of aryl methyl sites for hydroxylation is 1. The maximum atomic E-state index is 11.0. The largest absolute Gasteiger partial charge is 0.504 e. The quantitative estimate of drug-likeness (QED) is 0.397. The van der Waals surface area contributed by atoms with E-state index in [0.29, 0.717) is 18.8 Å². The monoisotopic (exact) mass is 505 g/mol. The predicted molar refractivity (Wildman–Crippen MR) is 140 cm³/mol. The zero-order chi connectivity index (χ0) is 25.3. The van der Waals surface area contributed by atoms with E-state index < -0.39 is 16.8 Å². The molecule has 7 rings (SSSR count). The van der Waals surface area contributed by atoms with Crippen LogP contribution < -0.4 is 4.74 Å². The van der Waals surface area contributed by atoms with Gasteiger partial charge in [-0.2, -0.15) is 0 Å².